The molecule has 0 aromatic rings. The molecule has 0 amide bonds. The van der Waals surface area contributed by atoms with Crippen LogP contribution in [0.1, 0.15) is 46.0 Å². The second-order valence-corrected chi connectivity index (χ2v) is 5.16. The van der Waals surface area contributed by atoms with Crippen molar-refractivity contribution in [1.82, 2.24) is 5.32 Å². The molecule has 1 fully saturated rings. The zero-order valence-corrected chi connectivity index (χ0v) is 9.47. The van der Waals surface area contributed by atoms with Crippen LogP contribution in [-0.4, -0.2) is 18.9 Å². The first-order chi connectivity index (χ1) is 6.73. The Morgan fingerprint density at radius 1 is 1.36 bits per heavy atom. The van der Waals surface area contributed by atoms with Gasteiger partial charge in [-0.05, 0) is 37.0 Å². The summed E-state index contributed by atoms with van der Waals surface area (Å²) in [5.74, 6) is 2.09. The number of nitrogens with one attached hydrogen (secondary N) is 1. The number of nitrogens with zero attached hydrogens (tertiary/aromatic N) is 1. The van der Waals surface area contributed by atoms with Crippen LogP contribution in [-0.2, 0) is 0 Å². The van der Waals surface area contributed by atoms with Crippen LogP contribution in [0.15, 0.2) is 4.99 Å². The topological polar surface area (TPSA) is 24.4 Å². The molecule has 0 atom stereocenters. The molecule has 80 valence electrons. The number of amidine groups is 1. The van der Waals surface area contributed by atoms with Crippen molar-refractivity contribution >= 4 is 5.84 Å². The van der Waals surface area contributed by atoms with Gasteiger partial charge in [0.05, 0.1) is 5.84 Å². The second-order valence-electron chi connectivity index (χ2n) is 5.16. The Morgan fingerprint density at radius 3 is 2.64 bits per heavy atom. The molecule has 1 saturated carbocycles. The van der Waals surface area contributed by atoms with E-state index >= 15 is 0 Å². The Hall–Kier alpha value is -0.530. The summed E-state index contributed by atoms with van der Waals surface area (Å²) in [6.07, 6.45) is 6.59. The lowest BCUT2D eigenvalue weighted by atomic mass is 9.92. The van der Waals surface area contributed by atoms with Crippen molar-refractivity contribution in [3.8, 4) is 0 Å². The maximum Gasteiger partial charge on any atom is 0.0963 e. The number of hydrogen-bond donors (Lipinski definition) is 1. The van der Waals surface area contributed by atoms with Crippen molar-refractivity contribution in [2.24, 2.45) is 16.3 Å². The predicted octanol–water partition coefficient (Wildman–Crippen LogP) is 2.59. The highest BCUT2D eigenvalue weighted by Gasteiger charge is 2.45. The highest BCUT2D eigenvalue weighted by Crippen LogP contribution is 2.51. The summed E-state index contributed by atoms with van der Waals surface area (Å²) in [7, 11) is 0. The summed E-state index contributed by atoms with van der Waals surface area (Å²) in [5, 5.41) is 3.56. The lowest BCUT2D eigenvalue weighted by Gasteiger charge is -2.22. The Morgan fingerprint density at radius 2 is 2.14 bits per heavy atom. The Bertz CT molecular complexity index is 226. The number of hydrogen-bond acceptors (Lipinski definition) is 2. The second kappa shape index (κ2) is 3.92. The SMILES string of the molecule is CC(C)C1(CNC2=NCCCC2)CC1. The normalized spacial score (nSPS) is 24.6. The monoisotopic (exact) mass is 194 g/mol. The third-order valence-electron chi connectivity index (χ3n) is 3.89. The van der Waals surface area contributed by atoms with E-state index in [-0.39, 0.29) is 0 Å². The van der Waals surface area contributed by atoms with E-state index < -0.39 is 0 Å². The zero-order chi connectivity index (χ0) is 10.0. The third-order valence-corrected chi connectivity index (χ3v) is 3.89. The van der Waals surface area contributed by atoms with E-state index in [0.29, 0.717) is 5.41 Å². The van der Waals surface area contributed by atoms with E-state index in [2.05, 4.69) is 24.2 Å². The smallest absolute Gasteiger partial charge is 0.0963 e. The predicted molar refractivity (Wildman–Crippen MR) is 60.7 cm³/mol. The molecule has 1 N–H and O–H groups in total. The fourth-order valence-corrected chi connectivity index (χ4v) is 2.24. The molecule has 1 aliphatic carbocycles. The van der Waals surface area contributed by atoms with Gasteiger partial charge in [-0.15, -0.1) is 0 Å². The van der Waals surface area contributed by atoms with Crippen LogP contribution >= 0.6 is 0 Å². The minimum Gasteiger partial charge on any atom is -0.373 e. The Kier molecular flexibility index (Phi) is 2.80. The Balaban J connectivity index is 1.79. The van der Waals surface area contributed by atoms with Crippen molar-refractivity contribution in [3.05, 3.63) is 0 Å². The molecular weight excluding hydrogens is 172 g/mol. The van der Waals surface area contributed by atoms with Gasteiger partial charge >= 0.3 is 0 Å². The summed E-state index contributed by atoms with van der Waals surface area (Å²) in [6, 6.07) is 0. The van der Waals surface area contributed by atoms with Crippen molar-refractivity contribution < 1.29 is 0 Å². The third kappa shape index (κ3) is 2.10. The first-order valence-corrected chi connectivity index (χ1v) is 6.00. The molecule has 0 spiro atoms. The zero-order valence-electron chi connectivity index (χ0n) is 9.47. The molecule has 2 nitrogen and oxygen atoms in total. The van der Waals surface area contributed by atoms with Gasteiger partial charge < -0.3 is 5.32 Å². The summed E-state index contributed by atoms with van der Waals surface area (Å²) >= 11 is 0. The molecule has 0 aromatic carbocycles. The molecule has 14 heavy (non-hydrogen) atoms. The van der Waals surface area contributed by atoms with Gasteiger partial charge in [0, 0.05) is 19.5 Å². The molecule has 1 aliphatic heterocycles. The number of aliphatic imine (C=N–C) groups is 1. The Labute approximate surface area is 87.2 Å². The van der Waals surface area contributed by atoms with Gasteiger partial charge in [0.1, 0.15) is 0 Å². The van der Waals surface area contributed by atoms with Crippen molar-refractivity contribution in [1.29, 1.82) is 0 Å². The first kappa shape index (κ1) is 10.0. The molecule has 0 saturated heterocycles. The van der Waals surface area contributed by atoms with E-state index in [1.54, 1.807) is 0 Å². The van der Waals surface area contributed by atoms with Crippen LogP contribution < -0.4 is 5.32 Å². The summed E-state index contributed by atoms with van der Waals surface area (Å²) in [6.45, 7) is 6.88. The van der Waals surface area contributed by atoms with E-state index in [9.17, 15) is 0 Å². The average molecular weight is 194 g/mol. The quantitative estimate of drug-likeness (QED) is 0.733. The van der Waals surface area contributed by atoms with Gasteiger partial charge in [-0.1, -0.05) is 13.8 Å². The first-order valence-electron chi connectivity index (χ1n) is 6.00. The van der Waals surface area contributed by atoms with Gasteiger partial charge in [0.15, 0.2) is 0 Å². The fraction of sp³-hybridized carbons (Fsp3) is 0.917. The van der Waals surface area contributed by atoms with Gasteiger partial charge in [0.2, 0.25) is 0 Å². The molecule has 0 radical (unpaired) electrons. The molecule has 0 aromatic heterocycles. The average Bonchev–Trinajstić information content (AvgIpc) is 2.97. The van der Waals surface area contributed by atoms with Crippen molar-refractivity contribution in [3.63, 3.8) is 0 Å². The van der Waals surface area contributed by atoms with Crippen LogP contribution in [0.2, 0.25) is 0 Å². The van der Waals surface area contributed by atoms with Gasteiger partial charge in [-0.3, -0.25) is 4.99 Å². The molecular formula is C12H22N2. The lowest BCUT2D eigenvalue weighted by molar-refractivity contribution is 0.356. The van der Waals surface area contributed by atoms with Crippen molar-refractivity contribution in [2.45, 2.75) is 46.0 Å². The molecule has 0 bridgehead atoms. The summed E-state index contributed by atoms with van der Waals surface area (Å²) in [5.41, 5.74) is 0.611. The van der Waals surface area contributed by atoms with Crippen LogP contribution in [0, 0.1) is 11.3 Å². The van der Waals surface area contributed by atoms with Crippen LogP contribution in [0.3, 0.4) is 0 Å². The summed E-state index contributed by atoms with van der Waals surface area (Å²) < 4.78 is 0. The van der Waals surface area contributed by atoms with Crippen LogP contribution in [0.25, 0.3) is 0 Å². The maximum absolute atomic E-state index is 4.53. The van der Waals surface area contributed by atoms with Crippen LogP contribution in [0.4, 0.5) is 0 Å². The van der Waals surface area contributed by atoms with Gasteiger partial charge in [-0.2, -0.15) is 0 Å². The van der Waals surface area contributed by atoms with E-state index in [1.165, 1.54) is 37.9 Å². The lowest BCUT2D eigenvalue weighted by Crippen LogP contribution is -2.33. The molecule has 1 heterocycles. The van der Waals surface area contributed by atoms with Gasteiger partial charge in [-0.25, -0.2) is 0 Å². The standard InChI is InChI=1S/C12H22N2/c1-10(2)12(6-7-12)9-14-11-5-3-4-8-13-11/h10H,3-9H2,1-2H3,(H,13,14). The molecule has 2 rings (SSSR count). The van der Waals surface area contributed by atoms with Crippen LogP contribution in [0.5, 0.6) is 0 Å². The van der Waals surface area contributed by atoms with Crippen molar-refractivity contribution in [2.75, 3.05) is 13.1 Å². The largest absolute Gasteiger partial charge is 0.373 e. The molecule has 2 heteroatoms. The number of rotatable bonds is 3. The maximum atomic E-state index is 4.53. The summed E-state index contributed by atoms with van der Waals surface area (Å²) in [4.78, 5) is 4.53. The highest BCUT2D eigenvalue weighted by atomic mass is 15.0. The molecule has 0 unspecified atom stereocenters. The van der Waals surface area contributed by atoms with Gasteiger partial charge in [0.25, 0.3) is 0 Å². The van der Waals surface area contributed by atoms with E-state index in [0.717, 1.165) is 19.0 Å². The minimum absolute atomic E-state index is 0.611. The van der Waals surface area contributed by atoms with E-state index in [4.69, 9.17) is 0 Å². The highest BCUT2D eigenvalue weighted by molar-refractivity contribution is 5.82. The molecule has 2 aliphatic rings. The van der Waals surface area contributed by atoms with E-state index in [1.807, 2.05) is 0 Å². The fourth-order valence-electron chi connectivity index (χ4n) is 2.24. The minimum atomic E-state index is 0.611.